The zero-order valence-corrected chi connectivity index (χ0v) is 13.0. The molecule has 0 aromatic carbocycles. The first kappa shape index (κ1) is 15.2. The van der Waals surface area contributed by atoms with Crippen LogP contribution in [0.2, 0.25) is 0 Å². The van der Waals surface area contributed by atoms with Gasteiger partial charge < -0.3 is 14.4 Å². The van der Waals surface area contributed by atoms with Gasteiger partial charge >= 0.3 is 5.97 Å². The molecule has 0 N–H and O–H groups in total. The Balaban J connectivity index is 1.59. The number of ether oxygens (including phenoxy) is 2. The van der Waals surface area contributed by atoms with E-state index in [1.165, 1.54) is 6.42 Å². The van der Waals surface area contributed by atoms with Gasteiger partial charge in [0.05, 0.1) is 31.7 Å². The Bertz CT molecular complexity index is 500. The van der Waals surface area contributed by atoms with Crippen molar-refractivity contribution in [3.63, 3.8) is 0 Å². The first-order valence-electron chi connectivity index (χ1n) is 7.98. The lowest BCUT2D eigenvalue weighted by Crippen LogP contribution is -2.44. The minimum Gasteiger partial charge on any atom is -0.461 e. The van der Waals surface area contributed by atoms with Crippen molar-refractivity contribution in [2.75, 3.05) is 50.9 Å². The van der Waals surface area contributed by atoms with Crippen LogP contribution in [0.1, 0.15) is 23.8 Å². The average Bonchev–Trinajstić information content (AvgIpc) is 3.06. The fourth-order valence-electron chi connectivity index (χ4n) is 3.12. The molecular weight excluding hydrogens is 282 g/mol. The molecule has 2 aliphatic rings. The lowest BCUT2D eigenvalue weighted by atomic mass is 10.2. The zero-order valence-electron chi connectivity index (χ0n) is 13.0. The molecule has 22 heavy (non-hydrogen) atoms. The van der Waals surface area contributed by atoms with Gasteiger partial charge in [-0.25, -0.2) is 9.78 Å². The molecule has 6 nitrogen and oxygen atoms in total. The van der Waals surface area contributed by atoms with Crippen molar-refractivity contribution in [1.29, 1.82) is 0 Å². The van der Waals surface area contributed by atoms with Crippen LogP contribution in [0.15, 0.2) is 18.3 Å². The van der Waals surface area contributed by atoms with Crippen LogP contribution in [-0.2, 0) is 9.47 Å². The first-order chi connectivity index (χ1) is 10.8. The van der Waals surface area contributed by atoms with Gasteiger partial charge in [0, 0.05) is 32.2 Å². The Morgan fingerprint density at radius 2 is 2.18 bits per heavy atom. The average molecular weight is 305 g/mol. The van der Waals surface area contributed by atoms with Crippen LogP contribution in [0.25, 0.3) is 0 Å². The highest BCUT2D eigenvalue weighted by molar-refractivity contribution is 5.87. The highest BCUT2D eigenvalue weighted by Crippen LogP contribution is 2.23. The number of esters is 1. The van der Waals surface area contributed by atoms with Crippen LogP contribution in [0.5, 0.6) is 0 Å². The Morgan fingerprint density at radius 1 is 1.36 bits per heavy atom. The highest BCUT2D eigenvalue weighted by Gasteiger charge is 2.29. The molecule has 1 unspecified atom stereocenters. The van der Waals surface area contributed by atoms with Gasteiger partial charge in [0.25, 0.3) is 0 Å². The van der Waals surface area contributed by atoms with Crippen molar-refractivity contribution in [1.82, 2.24) is 9.88 Å². The lowest BCUT2D eigenvalue weighted by molar-refractivity contribution is 0.0209. The standard InChI is InChI=1S/C16H23N3O3/c1-2-22-16(20)15-4-3-13(11-17-15)19-6-5-14(12-19)18-7-9-21-10-8-18/h3-4,11,14H,2,5-10,12H2,1H3. The van der Waals surface area contributed by atoms with Crippen molar-refractivity contribution in [2.45, 2.75) is 19.4 Å². The molecule has 3 heterocycles. The highest BCUT2D eigenvalue weighted by atomic mass is 16.5. The van der Waals surface area contributed by atoms with Crippen LogP contribution in [0.4, 0.5) is 5.69 Å². The molecule has 2 aliphatic heterocycles. The molecule has 0 spiro atoms. The van der Waals surface area contributed by atoms with Crippen molar-refractivity contribution in [3.05, 3.63) is 24.0 Å². The van der Waals surface area contributed by atoms with E-state index >= 15 is 0 Å². The van der Waals surface area contributed by atoms with E-state index in [-0.39, 0.29) is 5.97 Å². The first-order valence-corrected chi connectivity index (χ1v) is 7.98. The number of rotatable bonds is 4. The van der Waals surface area contributed by atoms with E-state index in [4.69, 9.17) is 9.47 Å². The molecule has 2 fully saturated rings. The van der Waals surface area contributed by atoms with Gasteiger partial charge in [-0.15, -0.1) is 0 Å². The lowest BCUT2D eigenvalue weighted by Gasteiger charge is -2.32. The van der Waals surface area contributed by atoms with Gasteiger partial charge in [-0.05, 0) is 25.5 Å². The smallest absolute Gasteiger partial charge is 0.356 e. The maximum atomic E-state index is 11.6. The Kier molecular flexibility index (Phi) is 4.90. The van der Waals surface area contributed by atoms with Crippen LogP contribution < -0.4 is 4.90 Å². The molecule has 1 atom stereocenters. The number of hydrogen-bond donors (Lipinski definition) is 0. The molecule has 6 heteroatoms. The number of hydrogen-bond acceptors (Lipinski definition) is 6. The molecule has 0 amide bonds. The van der Waals surface area contributed by atoms with E-state index in [0.717, 1.165) is 45.1 Å². The summed E-state index contributed by atoms with van der Waals surface area (Å²) in [6, 6.07) is 4.30. The summed E-state index contributed by atoms with van der Waals surface area (Å²) >= 11 is 0. The van der Waals surface area contributed by atoms with E-state index < -0.39 is 0 Å². The third-order valence-electron chi connectivity index (χ3n) is 4.32. The van der Waals surface area contributed by atoms with Crippen LogP contribution in [0, 0.1) is 0 Å². The van der Waals surface area contributed by atoms with Gasteiger partial charge in [0.15, 0.2) is 0 Å². The number of nitrogens with zero attached hydrogens (tertiary/aromatic N) is 3. The summed E-state index contributed by atoms with van der Waals surface area (Å²) in [5.74, 6) is -0.360. The van der Waals surface area contributed by atoms with E-state index in [0.29, 0.717) is 18.3 Å². The summed E-state index contributed by atoms with van der Waals surface area (Å²) < 4.78 is 10.4. The molecule has 3 rings (SSSR count). The zero-order chi connectivity index (χ0) is 15.4. The van der Waals surface area contributed by atoms with E-state index in [9.17, 15) is 4.79 Å². The summed E-state index contributed by atoms with van der Waals surface area (Å²) in [6.07, 6.45) is 2.94. The fourth-order valence-corrected chi connectivity index (χ4v) is 3.12. The third-order valence-corrected chi connectivity index (χ3v) is 4.32. The Hall–Kier alpha value is -1.66. The van der Waals surface area contributed by atoms with Gasteiger partial charge in [0.1, 0.15) is 5.69 Å². The molecule has 1 aromatic rings. The Morgan fingerprint density at radius 3 is 2.86 bits per heavy atom. The van der Waals surface area contributed by atoms with Crippen molar-refractivity contribution >= 4 is 11.7 Å². The summed E-state index contributed by atoms with van der Waals surface area (Å²) in [7, 11) is 0. The number of pyridine rings is 1. The van der Waals surface area contributed by atoms with E-state index in [1.807, 2.05) is 6.07 Å². The molecule has 1 aromatic heterocycles. The van der Waals surface area contributed by atoms with Crippen LogP contribution >= 0.6 is 0 Å². The number of carbonyl (C=O) groups is 1. The second-order valence-electron chi connectivity index (χ2n) is 5.66. The largest absolute Gasteiger partial charge is 0.461 e. The topological polar surface area (TPSA) is 54.9 Å². The molecule has 0 saturated carbocycles. The van der Waals surface area contributed by atoms with Gasteiger partial charge in [-0.1, -0.05) is 0 Å². The summed E-state index contributed by atoms with van der Waals surface area (Å²) in [5.41, 5.74) is 1.44. The van der Waals surface area contributed by atoms with Gasteiger partial charge in [-0.2, -0.15) is 0 Å². The van der Waals surface area contributed by atoms with Crippen LogP contribution in [0.3, 0.4) is 0 Å². The van der Waals surface area contributed by atoms with Gasteiger partial charge in [0.2, 0.25) is 0 Å². The van der Waals surface area contributed by atoms with E-state index in [1.54, 1.807) is 19.2 Å². The predicted octanol–water partition coefficient (Wildman–Crippen LogP) is 1.17. The summed E-state index contributed by atoms with van der Waals surface area (Å²) in [6.45, 7) is 7.94. The fraction of sp³-hybridized carbons (Fsp3) is 0.625. The Labute approximate surface area is 131 Å². The summed E-state index contributed by atoms with van der Waals surface area (Å²) in [5, 5.41) is 0. The molecule has 0 bridgehead atoms. The maximum Gasteiger partial charge on any atom is 0.356 e. The molecule has 0 radical (unpaired) electrons. The van der Waals surface area contributed by atoms with Crippen LogP contribution in [-0.4, -0.2) is 67.9 Å². The maximum absolute atomic E-state index is 11.6. The normalized spacial score (nSPS) is 22.8. The summed E-state index contributed by atoms with van der Waals surface area (Å²) in [4.78, 5) is 20.7. The quantitative estimate of drug-likeness (QED) is 0.778. The number of aromatic nitrogens is 1. The minimum atomic E-state index is -0.360. The number of carbonyl (C=O) groups excluding carboxylic acids is 1. The molecule has 0 aliphatic carbocycles. The van der Waals surface area contributed by atoms with Crippen molar-refractivity contribution in [3.8, 4) is 0 Å². The van der Waals surface area contributed by atoms with Crippen molar-refractivity contribution in [2.24, 2.45) is 0 Å². The van der Waals surface area contributed by atoms with E-state index in [2.05, 4.69) is 14.8 Å². The number of anilines is 1. The monoisotopic (exact) mass is 305 g/mol. The predicted molar refractivity (Wildman–Crippen MR) is 83.2 cm³/mol. The number of morpholine rings is 1. The molecular formula is C16H23N3O3. The minimum absolute atomic E-state index is 0.360. The molecule has 2 saturated heterocycles. The SMILES string of the molecule is CCOC(=O)c1ccc(N2CCC(N3CCOCC3)C2)cn1. The second kappa shape index (κ2) is 7.07. The van der Waals surface area contributed by atoms with Crippen molar-refractivity contribution < 1.29 is 14.3 Å². The molecule has 120 valence electrons. The van der Waals surface area contributed by atoms with Gasteiger partial charge in [-0.3, -0.25) is 4.90 Å². The third kappa shape index (κ3) is 3.39. The second-order valence-corrected chi connectivity index (χ2v) is 5.66.